The Balaban J connectivity index is 1.74. The molecule has 25 heavy (non-hydrogen) atoms. The van der Waals surface area contributed by atoms with Crippen molar-refractivity contribution in [3.63, 3.8) is 0 Å². The van der Waals surface area contributed by atoms with Crippen LogP contribution in [0.2, 0.25) is 5.02 Å². The van der Waals surface area contributed by atoms with Gasteiger partial charge in [0.15, 0.2) is 11.6 Å². The molecule has 128 valence electrons. The first-order valence-corrected chi connectivity index (χ1v) is 8.13. The Morgan fingerprint density at radius 3 is 3.00 bits per heavy atom. The molecule has 5 nitrogen and oxygen atoms in total. The number of H-pyrrole nitrogens is 1. The van der Waals surface area contributed by atoms with Gasteiger partial charge in [-0.25, -0.2) is 13.8 Å². The first kappa shape index (κ1) is 16.0. The van der Waals surface area contributed by atoms with Crippen molar-refractivity contribution in [2.75, 3.05) is 6.54 Å². The van der Waals surface area contributed by atoms with Gasteiger partial charge in [0.05, 0.1) is 11.6 Å². The van der Waals surface area contributed by atoms with E-state index in [9.17, 15) is 13.6 Å². The summed E-state index contributed by atoms with van der Waals surface area (Å²) in [5.74, 6) is -2.23. The number of carbonyl (C=O) groups excluding carboxylic acids is 1. The van der Waals surface area contributed by atoms with Gasteiger partial charge in [-0.15, -0.1) is 0 Å². The van der Waals surface area contributed by atoms with Crippen molar-refractivity contribution in [1.82, 2.24) is 19.9 Å². The van der Waals surface area contributed by atoms with Gasteiger partial charge < -0.3 is 9.88 Å². The summed E-state index contributed by atoms with van der Waals surface area (Å²) in [5, 5.41) is -0.288. The second kappa shape index (κ2) is 5.77. The summed E-state index contributed by atoms with van der Waals surface area (Å²) < 4.78 is 27.5. The van der Waals surface area contributed by atoms with Crippen LogP contribution >= 0.6 is 11.6 Å². The second-order valence-electron chi connectivity index (χ2n) is 5.93. The fraction of sp³-hybridized carbons (Fsp3) is 0.235. The van der Waals surface area contributed by atoms with Crippen molar-refractivity contribution in [1.29, 1.82) is 0 Å². The molecule has 2 aromatic heterocycles. The van der Waals surface area contributed by atoms with Crippen LogP contribution in [-0.4, -0.2) is 32.3 Å². The molecule has 4 rings (SSSR count). The lowest BCUT2D eigenvalue weighted by atomic mass is 9.98. The smallest absolute Gasteiger partial charge is 0.290 e. The van der Waals surface area contributed by atoms with Crippen LogP contribution in [0.3, 0.4) is 0 Å². The zero-order valence-corrected chi connectivity index (χ0v) is 13.9. The number of amides is 1. The van der Waals surface area contributed by atoms with E-state index in [-0.39, 0.29) is 27.9 Å². The van der Waals surface area contributed by atoms with Crippen LogP contribution < -0.4 is 0 Å². The Morgan fingerprint density at radius 1 is 1.40 bits per heavy atom. The minimum atomic E-state index is -0.902. The third-order valence-electron chi connectivity index (χ3n) is 4.51. The fourth-order valence-corrected chi connectivity index (χ4v) is 3.40. The normalized spacial score (nSPS) is 17.0. The number of benzene rings is 1. The average molecular weight is 363 g/mol. The number of rotatable bonds is 1. The molecule has 1 aliphatic heterocycles. The summed E-state index contributed by atoms with van der Waals surface area (Å²) in [6.07, 6.45) is 2.35. The van der Waals surface area contributed by atoms with Crippen molar-refractivity contribution < 1.29 is 13.6 Å². The molecule has 0 radical (unpaired) electrons. The minimum Gasteiger partial charge on any atom is -0.332 e. The number of aromatic amines is 1. The Kier molecular flexibility index (Phi) is 3.68. The van der Waals surface area contributed by atoms with Crippen molar-refractivity contribution >= 4 is 28.5 Å². The van der Waals surface area contributed by atoms with E-state index in [1.54, 1.807) is 11.1 Å². The number of halogens is 3. The maximum atomic E-state index is 13.9. The molecule has 3 heterocycles. The first-order chi connectivity index (χ1) is 12.0. The molecule has 3 aromatic rings. The average Bonchev–Trinajstić information content (AvgIpc) is 3.06. The van der Waals surface area contributed by atoms with Crippen LogP contribution in [0.4, 0.5) is 8.78 Å². The summed E-state index contributed by atoms with van der Waals surface area (Å²) in [6.45, 7) is 2.36. The summed E-state index contributed by atoms with van der Waals surface area (Å²) in [7, 11) is 0. The highest BCUT2D eigenvalue weighted by atomic mass is 35.5. The van der Waals surface area contributed by atoms with Crippen LogP contribution in [0, 0.1) is 11.6 Å². The Bertz CT molecular complexity index is 1000. The summed E-state index contributed by atoms with van der Waals surface area (Å²) in [5.41, 5.74) is 1.75. The molecular formula is C17H13ClF2N4O. The molecule has 0 saturated heterocycles. The number of carbonyl (C=O) groups is 1. The predicted octanol–water partition coefficient (Wildman–Crippen LogP) is 3.65. The lowest BCUT2D eigenvalue weighted by Gasteiger charge is -2.34. The molecule has 0 spiro atoms. The van der Waals surface area contributed by atoms with Crippen LogP contribution in [0.25, 0.3) is 11.0 Å². The summed E-state index contributed by atoms with van der Waals surface area (Å²) in [6, 6.07) is 4.21. The van der Waals surface area contributed by atoms with E-state index in [4.69, 9.17) is 11.6 Å². The third-order valence-corrected chi connectivity index (χ3v) is 4.88. The molecule has 1 aliphatic rings. The topological polar surface area (TPSA) is 61.9 Å². The molecule has 1 atom stereocenters. The van der Waals surface area contributed by atoms with Crippen molar-refractivity contribution in [2.45, 2.75) is 19.4 Å². The number of aromatic nitrogens is 3. The van der Waals surface area contributed by atoms with Gasteiger partial charge >= 0.3 is 0 Å². The highest BCUT2D eigenvalue weighted by Gasteiger charge is 2.31. The number of nitrogens with one attached hydrogen (secondary N) is 1. The molecule has 1 amide bonds. The number of hydrogen-bond donors (Lipinski definition) is 1. The lowest BCUT2D eigenvalue weighted by Crippen LogP contribution is -2.39. The summed E-state index contributed by atoms with van der Waals surface area (Å²) in [4.78, 5) is 25.5. The van der Waals surface area contributed by atoms with Gasteiger partial charge in [-0.2, -0.15) is 0 Å². The number of imidazole rings is 1. The number of hydrogen-bond acceptors (Lipinski definition) is 3. The fourth-order valence-electron chi connectivity index (χ4n) is 3.21. The van der Waals surface area contributed by atoms with E-state index in [2.05, 4.69) is 15.0 Å². The largest absolute Gasteiger partial charge is 0.332 e. The van der Waals surface area contributed by atoms with Gasteiger partial charge in [0.2, 0.25) is 0 Å². The van der Waals surface area contributed by atoms with E-state index >= 15 is 0 Å². The van der Waals surface area contributed by atoms with Crippen LogP contribution in [-0.2, 0) is 6.42 Å². The van der Waals surface area contributed by atoms with E-state index in [1.165, 1.54) is 0 Å². The highest BCUT2D eigenvalue weighted by molar-refractivity contribution is 6.35. The quantitative estimate of drug-likeness (QED) is 0.672. The van der Waals surface area contributed by atoms with Crippen LogP contribution in [0.1, 0.15) is 34.8 Å². The van der Waals surface area contributed by atoms with Gasteiger partial charge in [0.1, 0.15) is 16.4 Å². The van der Waals surface area contributed by atoms with Gasteiger partial charge in [0.25, 0.3) is 5.91 Å². The van der Waals surface area contributed by atoms with Gasteiger partial charge in [0, 0.05) is 30.9 Å². The van der Waals surface area contributed by atoms with Crippen molar-refractivity contribution in [3.05, 3.63) is 58.1 Å². The summed E-state index contributed by atoms with van der Waals surface area (Å²) >= 11 is 5.85. The third kappa shape index (κ3) is 2.46. The molecule has 8 heteroatoms. The maximum Gasteiger partial charge on any atom is 0.290 e. The Morgan fingerprint density at radius 2 is 2.20 bits per heavy atom. The zero-order valence-electron chi connectivity index (χ0n) is 13.2. The van der Waals surface area contributed by atoms with E-state index in [1.807, 2.05) is 19.1 Å². The van der Waals surface area contributed by atoms with Gasteiger partial charge in [-0.1, -0.05) is 17.7 Å². The van der Waals surface area contributed by atoms with Crippen molar-refractivity contribution in [2.24, 2.45) is 0 Å². The number of pyridine rings is 1. The molecule has 0 unspecified atom stereocenters. The maximum absolute atomic E-state index is 13.9. The van der Waals surface area contributed by atoms with E-state index in [0.717, 1.165) is 11.3 Å². The first-order valence-electron chi connectivity index (χ1n) is 7.75. The molecule has 0 saturated carbocycles. The number of fused-ring (bicyclic) bond motifs is 2. The monoisotopic (exact) mass is 362 g/mol. The highest BCUT2D eigenvalue weighted by Crippen LogP contribution is 2.31. The standard InChI is InChI=1S/C17H13ClF2N4O/c1-8-9-3-2-5-21-12(9)4-6-24(8)17(25)16-22-14-11(20)7-10(19)13(18)15(14)23-16/h2-3,5,7-8H,4,6H2,1H3,(H,22,23)/t8-/m1/s1. The van der Waals surface area contributed by atoms with E-state index < -0.39 is 17.5 Å². The Labute approximate surface area is 146 Å². The molecule has 0 fully saturated rings. The lowest BCUT2D eigenvalue weighted by molar-refractivity contribution is 0.0665. The SMILES string of the molecule is C[C@@H]1c2cccnc2CCN1C(=O)c1nc2c(F)cc(F)c(Cl)c2[nH]1. The molecule has 1 N–H and O–H groups in total. The molecular weight excluding hydrogens is 350 g/mol. The van der Waals surface area contributed by atoms with Gasteiger partial charge in [-0.3, -0.25) is 9.78 Å². The molecule has 0 aliphatic carbocycles. The van der Waals surface area contributed by atoms with E-state index in [0.29, 0.717) is 19.0 Å². The minimum absolute atomic E-state index is 0.0192. The predicted molar refractivity (Wildman–Crippen MR) is 88.4 cm³/mol. The Hall–Kier alpha value is -2.54. The zero-order chi connectivity index (χ0) is 17.7. The molecule has 1 aromatic carbocycles. The molecule has 0 bridgehead atoms. The van der Waals surface area contributed by atoms with Gasteiger partial charge in [-0.05, 0) is 18.6 Å². The van der Waals surface area contributed by atoms with Crippen molar-refractivity contribution in [3.8, 4) is 0 Å². The second-order valence-corrected chi connectivity index (χ2v) is 6.31. The van der Waals surface area contributed by atoms with Crippen LogP contribution in [0.5, 0.6) is 0 Å². The van der Waals surface area contributed by atoms with Crippen LogP contribution in [0.15, 0.2) is 24.4 Å². The number of nitrogens with zero attached hydrogens (tertiary/aromatic N) is 3.